The lowest BCUT2D eigenvalue weighted by Crippen LogP contribution is -2.22. The fourth-order valence-corrected chi connectivity index (χ4v) is 2.65. The number of rotatable bonds is 6. The van der Waals surface area contributed by atoms with Gasteiger partial charge in [0.2, 0.25) is 5.91 Å². The Hall–Kier alpha value is -2.70. The van der Waals surface area contributed by atoms with Gasteiger partial charge >= 0.3 is 6.18 Å². The van der Waals surface area contributed by atoms with Gasteiger partial charge in [-0.05, 0) is 42.7 Å². The Balaban J connectivity index is 1.60. The summed E-state index contributed by atoms with van der Waals surface area (Å²) in [6.45, 7) is 0.977. The fourth-order valence-electron chi connectivity index (χ4n) is 2.65. The number of carbonyl (C=O) groups is 1. The molecule has 2 atom stereocenters. The molecule has 4 nitrogen and oxygen atoms in total. The van der Waals surface area contributed by atoms with Crippen LogP contribution in [-0.2, 0) is 4.79 Å². The van der Waals surface area contributed by atoms with Crippen LogP contribution in [0.4, 0.5) is 24.5 Å². The van der Waals surface area contributed by atoms with Crippen LogP contribution >= 0.6 is 0 Å². The highest BCUT2D eigenvalue weighted by atomic mass is 19.4. The quantitative estimate of drug-likeness (QED) is 0.707. The van der Waals surface area contributed by atoms with Gasteiger partial charge in [-0.15, -0.1) is 0 Å². The molecule has 1 aromatic heterocycles. The van der Waals surface area contributed by atoms with Gasteiger partial charge in [0.15, 0.2) is 0 Å². The summed E-state index contributed by atoms with van der Waals surface area (Å²) in [5, 5.41) is 4.85. The molecule has 2 aromatic rings. The van der Waals surface area contributed by atoms with Crippen molar-refractivity contribution in [3.63, 3.8) is 0 Å². The van der Waals surface area contributed by atoms with E-state index in [0.29, 0.717) is 17.6 Å². The molecule has 0 saturated heterocycles. The first-order valence-corrected chi connectivity index (χ1v) is 8.30. The zero-order chi connectivity index (χ0) is 18.7. The number of anilines is 2. The molecule has 0 spiro atoms. The number of benzene rings is 1. The van der Waals surface area contributed by atoms with Crippen LogP contribution in [0.1, 0.15) is 30.8 Å². The molecule has 0 bridgehead atoms. The van der Waals surface area contributed by atoms with Crippen LogP contribution in [0.2, 0.25) is 0 Å². The van der Waals surface area contributed by atoms with Gasteiger partial charge < -0.3 is 15.1 Å². The van der Waals surface area contributed by atoms with E-state index in [-0.39, 0.29) is 11.4 Å². The Morgan fingerprint density at radius 2 is 1.92 bits per heavy atom. The molecule has 1 fully saturated rings. The van der Waals surface area contributed by atoms with Crippen LogP contribution in [0.3, 0.4) is 0 Å². The molecule has 1 saturated carbocycles. The van der Waals surface area contributed by atoms with Gasteiger partial charge in [0.05, 0.1) is 11.4 Å². The summed E-state index contributed by atoms with van der Waals surface area (Å²) in [6, 6.07) is 9.93. The number of para-hydroxylation sites is 2. The molecule has 26 heavy (non-hydrogen) atoms. The van der Waals surface area contributed by atoms with E-state index in [1.54, 1.807) is 18.2 Å². The van der Waals surface area contributed by atoms with Crippen molar-refractivity contribution < 1.29 is 22.4 Å². The molecule has 1 aliphatic carbocycles. The van der Waals surface area contributed by atoms with Crippen molar-refractivity contribution in [2.75, 3.05) is 17.2 Å². The maximum absolute atomic E-state index is 12.4. The lowest BCUT2D eigenvalue weighted by Gasteiger charge is -2.13. The predicted molar refractivity (Wildman–Crippen MR) is 93.9 cm³/mol. The highest BCUT2D eigenvalue weighted by molar-refractivity contribution is 6.03. The summed E-state index contributed by atoms with van der Waals surface area (Å²) in [5.41, 5.74) is 0.480. The minimum Gasteiger partial charge on any atom is -0.461 e. The van der Waals surface area contributed by atoms with E-state index in [2.05, 4.69) is 17.6 Å². The normalized spacial score (nSPS) is 19.5. The van der Waals surface area contributed by atoms with Crippen molar-refractivity contribution in [1.29, 1.82) is 0 Å². The molecule has 3 rings (SSSR count). The molecule has 138 valence electrons. The second-order valence-electron chi connectivity index (χ2n) is 6.40. The summed E-state index contributed by atoms with van der Waals surface area (Å²) < 4.78 is 42.8. The van der Waals surface area contributed by atoms with E-state index in [1.165, 1.54) is 24.3 Å². The van der Waals surface area contributed by atoms with Crippen LogP contribution in [0, 0.1) is 5.92 Å². The molecule has 1 heterocycles. The zero-order valence-electron chi connectivity index (χ0n) is 14.1. The Bertz CT molecular complexity index is 811. The Morgan fingerprint density at radius 1 is 1.23 bits per heavy atom. The number of furan rings is 1. The number of hydrogen-bond donors (Lipinski definition) is 2. The lowest BCUT2D eigenvalue weighted by molar-refractivity contribution is -0.115. The second kappa shape index (κ2) is 7.27. The van der Waals surface area contributed by atoms with E-state index < -0.39 is 18.6 Å². The molecule has 0 aliphatic heterocycles. The Kier molecular flexibility index (Phi) is 5.06. The molecule has 2 unspecified atom stereocenters. The van der Waals surface area contributed by atoms with Crippen molar-refractivity contribution in [2.45, 2.75) is 25.4 Å². The minimum absolute atomic E-state index is 0.203. The molecule has 1 amide bonds. The molecule has 2 N–H and O–H groups in total. The molecule has 1 aromatic carbocycles. The zero-order valence-corrected chi connectivity index (χ0v) is 14.1. The summed E-state index contributed by atoms with van der Waals surface area (Å²) in [7, 11) is 0. The smallest absolute Gasteiger partial charge is 0.405 e. The molecular formula is C19H19F3N2O2. The molecular weight excluding hydrogens is 345 g/mol. The monoisotopic (exact) mass is 364 g/mol. The van der Waals surface area contributed by atoms with E-state index in [4.69, 9.17) is 4.42 Å². The number of carbonyl (C=O) groups excluding carboxylic acids is 1. The topological polar surface area (TPSA) is 54.3 Å². The van der Waals surface area contributed by atoms with E-state index in [1.807, 2.05) is 6.07 Å². The van der Waals surface area contributed by atoms with Crippen molar-refractivity contribution in [3.05, 3.63) is 54.0 Å². The highest BCUT2D eigenvalue weighted by Crippen LogP contribution is 2.47. The van der Waals surface area contributed by atoms with Crippen LogP contribution in [0.25, 0.3) is 6.08 Å². The number of alkyl halides is 3. The fraction of sp³-hybridized carbons (Fsp3) is 0.316. The minimum atomic E-state index is -4.34. The lowest BCUT2D eigenvalue weighted by atomic mass is 10.2. The summed E-state index contributed by atoms with van der Waals surface area (Å²) in [6.07, 6.45) is -0.400. The number of amides is 1. The Labute approximate surface area is 149 Å². The average molecular weight is 364 g/mol. The maximum atomic E-state index is 12.4. The third kappa shape index (κ3) is 4.91. The summed E-state index contributed by atoms with van der Waals surface area (Å²) >= 11 is 0. The van der Waals surface area contributed by atoms with E-state index in [9.17, 15) is 18.0 Å². The summed E-state index contributed by atoms with van der Waals surface area (Å²) in [5.74, 6) is 2.11. The third-order valence-electron chi connectivity index (χ3n) is 4.19. The van der Waals surface area contributed by atoms with E-state index in [0.717, 1.165) is 12.2 Å². The number of hydrogen-bond acceptors (Lipinski definition) is 3. The molecule has 0 radical (unpaired) electrons. The summed E-state index contributed by atoms with van der Waals surface area (Å²) in [4.78, 5) is 12.1. The average Bonchev–Trinajstić information content (AvgIpc) is 3.12. The van der Waals surface area contributed by atoms with Crippen molar-refractivity contribution in [1.82, 2.24) is 0 Å². The van der Waals surface area contributed by atoms with Gasteiger partial charge in [0.25, 0.3) is 0 Å². The Morgan fingerprint density at radius 3 is 2.58 bits per heavy atom. The maximum Gasteiger partial charge on any atom is 0.405 e. The van der Waals surface area contributed by atoms with Crippen LogP contribution in [0.5, 0.6) is 0 Å². The van der Waals surface area contributed by atoms with Gasteiger partial charge in [-0.2, -0.15) is 13.2 Å². The van der Waals surface area contributed by atoms with Crippen molar-refractivity contribution in [2.24, 2.45) is 5.92 Å². The van der Waals surface area contributed by atoms with Crippen molar-refractivity contribution >= 4 is 23.4 Å². The van der Waals surface area contributed by atoms with Gasteiger partial charge in [-0.1, -0.05) is 19.1 Å². The standard InChI is InChI=1S/C19H19F3N2O2/c1-12-10-14(12)17-8-6-13(26-17)7-9-18(25)24-16-5-3-2-4-15(16)23-11-19(20,21)22/h2-9,12,14,23H,10-11H2,1H3,(H,24,25)/b9-7+. The number of nitrogens with one attached hydrogen (secondary N) is 2. The van der Waals surface area contributed by atoms with E-state index >= 15 is 0 Å². The number of halogens is 3. The predicted octanol–water partition coefficient (Wildman–Crippen LogP) is 5.03. The van der Waals surface area contributed by atoms with Crippen LogP contribution in [0.15, 0.2) is 46.9 Å². The first kappa shape index (κ1) is 18.1. The molecule has 7 heteroatoms. The first-order valence-electron chi connectivity index (χ1n) is 8.30. The SMILES string of the molecule is CC1CC1c1ccc(/C=C/C(=O)Nc2ccccc2NCC(F)(F)F)o1. The van der Waals surface area contributed by atoms with Gasteiger partial charge in [-0.25, -0.2) is 0 Å². The van der Waals surface area contributed by atoms with Gasteiger partial charge in [0, 0.05) is 12.0 Å². The largest absolute Gasteiger partial charge is 0.461 e. The third-order valence-corrected chi connectivity index (χ3v) is 4.19. The second-order valence-corrected chi connectivity index (χ2v) is 6.40. The first-order chi connectivity index (χ1) is 12.3. The molecule has 1 aliphatic rings. The van der Waals surface area contributed by atoms with Crippen LogP contribution in [-0.4, -0.2) is 18.6 Å². The highest BCUT2D eigenvalue weighted by Gasteiger charge is 2.36. The van der Waals surface area contributed by atoms with Gasteiger partial charge in [-0.3, -0.25) is 4.79 Å². The van der Waals surface area contributed by atoms with Gasteiger partial charge in [0.1, 0.15) is 18.1 Å². The van der Waals surface area contributed by atoms with Crippen molar-refractivity contribution in [3.8, 4) is 0 Å². The van der Waals surface area contributed by atoms with Crippen LogP contribution < -0.4 is 10.6 Å².